The summed E-state index contributed by atoms with van der Waals surface area (Å²) in [5.41, 5.74) is 0.672. The summed E-state index contributed by atoms with van der Waals surface area (Å²) >= 11 is 1.78. The highest BCUT2D eigenvalue weighted by molar-refractivity contribution is 7.11. The molecule has 1 aromatic carbocycles. The summed E-state index contributed by atoms with van der Waals surface area (Å²) in [6, 6.07) is 9.65. The first-order chi connectivity index (χ1) is 13.1. The number of aliphatic hydroxyl groups excluding tert-OH is 1. The van der Waals surface area contributed by atoms with Gasteiger partial charge in [0, 0.05) is 28.4 Å². The SMILES string of the molecule is CCNC(=NCc1ccc(CC)s1)NCC(O)c1cc(OC)ccc1OC. The van der Waals surface area contributed by atoms with E-state index in [0.717, 1.165) is 13.0 Å². The van der Waals surface area contributed by atoms with Gasteiger partial charge in [-0.05, 0) is 43.7 Å². The van der Waals surface area contributed by atoms with Crippen molar-refractivity contribution in [3.8, 4) is 11.5 Å². The zero-order chi connectivity index (χ0) is 19.6. The summed E-state index contributed by atoms with van der Waals surface area (Å²) in [7, 11) is 3.18. The number of hydrogen-bond acceptors (Lipinski definition) is 5. The molecular weight excluding hydrogens is 362 g/mol. The Hall–Kier alpha value is -2.25. The van der Waals surface area contributed by atoms with Crippen LogP contribution in [0.2, 0.25) is 0 Å². The molecule has 1 unspecified atom stereocenters. The van der Waals surface area contributed by atoms with E-state index in [1.807, 2.05) is 6.92 Å². The Kier molecular flexibility index (Phi) is 8.42. The number of thiophene rings is 1. The van der Waals surface area contributed by atoms with Gasteiger partial charge in [0.1, 0.15) is 11.5 Å². The van der Waals surface area contributed by atoms with E-state index in [4.69, 9.17) is 9.47 Å². The number of rotatable bonds is 9. The zero-order valence-corrected chi connectivity index (χ0v) is 17.2. The first-order valence-electron chi connectivity index (χ1n) is 9.11. The summed E-state index contributed by atoms with van der Waals surface area (Å²) < 4.78 is 10.6. The molecule has 1 atom stereocenters. The monoisotopic (exact) mass is 391 g/mol. The van der Waals surface area contributed by atoms with Gasteiger partial charge in [-0.3, -0.25) is 0 Å². The maximum atomic E-state index is 10.6. The Morgan fingerprint density at radius 1 is 1.11 bits per heavy atom. The molecule has 148 valence electrons. The number of methoxy groups -OCH3 is 2. The molecule has 3 N–H and O–H groups in total. The van der Waals surface area contributed by atoms with E-state index in [1.165, 1.54) is 9.75 Å². The summed E-state index contributed by atoms with van der Waals surface area (Å²) in [5, 5.41) is 17.0. The van der Waals surface area contributed by atoms with Crippen LogP contribution in [0.1, 0.15) is 35.3 Å². The maximum absolute atomic E-state index is 10.6. The molecule has 2 rings (SSSR count). The second-order valence-corrected chi connectivity index (χ2v) is 7.17. The van der Waals surface area contributed by atoms with Crippen LogP contribution in [-0.2, 0) is 13.0 Å². The molecule has 2 aromatic rings. The number of aliphatic imine (C=N–C) groups is 1. The third-order valence-corrected chi connectivity index (χ3v) is 5.28. The molecule has 7 heteroatoms. The number of aliphatic hydroxyl groups is 1. The Morgan fingerprint density at radius 2 is 1.89 bits per heavy atom. The lowest BCUT2D eigenvalue weighted by Gasteiger charge is -2.18. The van der Waals surface area contributed by atoms with Crippen LogP contribution >= 0.6 is 11.3 Å². The first kappa shape index (κ1) is 21.1. The molecule has 0 fully saturated rings. The van der Waals surface area contributed by atoms with Gasteiger partial charge >= 0.3 is 0 Å². The van der Waals surface area contributed by atoms with Gasteiger partial charge in [0.05, 0.1) is 26.9 Å². The van der Waals surface area contributed by atoms with E-state index in [2.05, 4.69) is 34.7 Å². The highest BCUT2D eigenvalue weighted by Crippen LogP contribution is 2.29. The maximum Gasteiger partial charge on any atom is 0.191 e. The Morgan fingerprint density at radius 3 is 2.52 bits per heavy atom. The van der Waals surface area contributed by atoms with E-state index in [9.17, 15) is 5.11 Å². The number of nitrogens with one attached hydrogen (secondary N) is 2. The van der Waals surface area contributed by atoms with Crippen LogP contribution in [0.25, 0.3) is 0 Å². The van der Waals surface area contributed by atoms with Crippen LogP contribution in [0.3, 0.4) is 0 Å². The van der Waals surface area contributed by atoms with Crippen molar-refractivity contribution >= 4 is 17.3 Å². The van der Waals surface area contributed by atoms with E-state index in [0.29, 0.717) is 36.1 Å². The van der Waals surface area contributed by atoms with Crippen LogP contribution in [0.15, 0.2) is 35.3 Å². The minimum Gasteiger partial charge on any atom is -0.497 e. The molecule has 27 heavy (non-hydrogen) atoms. The van der Waals surface area contributed by atoms with Crippen molar-refractivity contribution in [1.82, 2.24) is 10.6 Å². The summed E-state index contributed by atoms with van der Waals surface area (Å²) in [4.78, 5) is 7.19. The number of nitrogens with zero attached hydrogens (tertiary/aromatic N) is 1. The van der Waals surface area contributed by atoms with Crippen LogP contribution in [-0.4, -0.2) is 38.4 Å². The molecule has 0 aliphatic rings. The van der Waals surface area contributed by atoms with Crippen LogP contribution < -0.4 is 20.1 Å². The fraction of sp³-hybridized carbons (Fsp3) is 0.450. The second-order valence-electron chi connectivity index (χ2n) is 5.92. The minimum absolute atomic E-state index is 0.306. The molecule has 0 spiro atoms. The van der Waals surface area contributed by atoms with Gasteiger partial charge in [0.2, 0.25) is 0 Å². The molecule has 0 aliphatic carbocycles. The van der Waals surface area contributed by atoms with Gasteiger partial charge < -0.3 is 25.2 Å². The van der Waals surface area contributed by atoms with Crippen molar-refractivity contribution in [3.63, 3.8) is 0 Å². The van der Waals surface area contributed by atoms with Crippen LogP contribution in [0.5, 0.6) is 11.5 Å². The van der Waals surface area contributed by atoms with Gasteiger partial charge in [-0.15, -0.1) is 11.3 Å². The third kappa shape index (κ3) is 6.15. The number of benzene rings is 1. The Labute approximate surface area is 165 Å². The zero-order valence-electron chi connectivity index (χ0n) is 16.4. The average Bonchev–Trinajstić information content (AvgIpc) is 3.17. The van der Waals surface area contributed by atoms with Gasteiger partial charge in [-0.2, -0.15) is 0 Å². The minimum atomic E-state index is -0.757. The van der Waals surface area contributed by atoms with E-state index in [1.54, 1.807) is 43.8 Å². The highest BCUT2D eigenvalue weighted by Gasteiger charge is 2.15. The van der Waals surface area contributed by atoms with E-state index in [-0.39, 0.29) is 0 Å². The highest BCUT2D eigenvalue weighted by atomic mass is 32.1. The van der Waals surface area contributed by atoms with Crippen molar-refractivity contribution in [1.29, 1.82) is 0 Å². The standard InChI is InChI=1S/C20H29N3O3S/c1-5-15-8-9-16(27-15)12-22-20(21-6-2)23-13-18(24)17-11-14(25-3)7-10-19(17)26-4/h7-11,18,24H,5-6,12-13H2,1-4H3,(H2,21,22,23). The summed E-state index contributed by atoms with van der Waals surface area (Å²) in [6.45, 7) is 5.82. The predicted octanol–water partition coefficient (Wildman–Crippen LogP) is 3.12. The normalized spacial score (nSPS) is 12.6. The Balaban J connectivity index is 2.03. The topological polar surface area (TPSA) is 75.1 Å². The molecule has 0 radical (unpaired) electrons. The largest absolute Gasteiger partial charge is 0.497 e. The predicted molar refractivity (Wildman–Crippen MR) is 111 cm³/mol. The number of aryl methyl sites for hydroxylation is 1. The average molecular weight is 392 g/mol. The molecule has 6 nitrogen and oxygen atoms in total. The van der Waals surface area contributed by atoms with E-state index >= 15 is 0 Å². The number of hydrogen-bond donors (Lipinski definition) is 3. The van der Waals surface area contributed by atoms with Crippen molar-refractivity contribution in [2.75, 3.05) is 27.3 Å². The molecular formula is C20H29N3O3S. The van der Waals surface area contributed by atoms with Crippen molar-refractivity contribution in [3.05, 3.63) is 45.6 Å². The van der Waals surface area contributed by atoms with Crippen molar-refractivity contribution in [2.24, 2.45) is 4.99 Å². The molecule has 1 heterocycles. The molecule has 0 aliphatic heterocycles. The van der Waals surface area contributed by atoms with Gasteiger partial charge in [-0.1, -0.05) is 6.92 Å². The first-order valence-corrected chi connectivity index (χ1v) is 9.92. The lowest BCUT2D eigenvalue weighted by atomic mass is 10.1. The van der Waals surface area contributed by atoms with Crippen molar-refractivity contribution in [2.45, 2.75) is 32.9 Å². The Bertz CT molecular complexity index is 746. The lowest BCUT2D eigenvalue weighted by Crippen LogP contribution is -2.39. The fourth-order valence-electron chi connectivity index (χ4n) is 2.60. The van der Waals surface area contributed by atoms with Crippen LogP contribution in [0.4, 0.5) is 0 Å². The van der Waals surface area contributed by atoms with Gasteiger partial charge in [0.25, 0.3) is 0 Å². The smallest absolute Gasteiger partial charge is 0.191 e. The fourth-order valence-corrected chi connectivity index (χ4v) is 3.48. The summed E-state index contributed by atoms with van der Waals surface area (Å²) in [6.07, 6.45) is 0.286. The van der Waals surface area contributed by atoms with Gasteiger partial charge in [0.15, 0.2) is 5.96 Å². The number of guanidine groups is 1. The molecule has 0 amide bonds. The molecule has 0 saturated carbocycles. The van der Waals surface area contributed by atoms with Crippen molar-refractivity contribution < 1.29 is 14.6 Å². The molecule has 0 bridgehead atoms. The second kappa shape index (κ2) is 10.8. The molecule has 0 saturated heterocycles. The number of ether oxygens (including phenoxy) is 2. The van der Waals surface area contributed by atoms with Gasteiger partial charge in [-0.25, -0.2) is 4.99 Å². The van der Waals surface area contributed by atoms with E-state index < -0.39 is 6.10 Å². The third-order valence-electron chi connectivity index (χ3n) is 4.06. The quantitative estimate of drug-likeness (QED) is 0.452. The lowest BCUT2D eigenvalue weighted by molar-refractivity contribution is 0.176. The molecule has 1 aromatic heterocycles. The summed E-state index contributed by atoms with van der Waals surface area (Å²) in [5.74, 6) is 1.97. The van der Waals surface area contributed by atoms with Crippen LogP contribution in [0, 0.1) is 0 Å².